The number of methoxy groups -OCH3 is 1. The van der Waals surface area contributed by atoms with Crippen LogP contribution in [0, 0.1) is 0 Å². The van der Waals surface area contributed by atoms with Gasteiger partial charge in [-0.05, 0) is 37.6 Å². The number of nitrogens with one attached hydrogen (secondary N) is 1. The Bertz CT molecular complexity index is 421. The monoisotopic (exact) mass is 276 g/mol. The lowest BCUT2D eigenvalue weighted by Gasteiger charge is -2.37. The molecule has 0 aliphatic heterocycles. The molecule has 0 saturated heterocycles. The molecule has 0 bridgehead atoms. The van der Waals surface area contributed by atoms with E-state index in [0.29, 0.717) is 18.1 Å². The fraction of sp³-hybridized carbons (Fsp3) is 0.647. The minimum Gasteiger partial charge on any atom is -0.383 e. The summed E-state index contributed by atoms with van der Waals surface area (Å²) in [6.07, 6.45) is 1.13. The average molecular weight is 276 g/mol. The summed E-state index contributed by atoms with van der Waals surface area (Å²) >= 11 is 0. The summed E-state index contributed by atoms with van der Waals surface area (Å²) in [5.41, 5.74) is 2.97. The van der Waals surface area contributed by atoms with Gasteiger partial charge < -0.3 is 10.1 Å². The van der Waals surface area contributed by atoms with E-state index in [-0.39, 0.29) is 0 Å². The highest BCUT2D eigenvalue weighted by Gasteiger charge is 2.36. The van der Waals surface area contributed by atoms with Crippen LogP contribution >= 0.6 is 0 Å². The van der Waals surface area contributed by atoms with E-state index in [0.717, 1.165) is 26.1 Å². The summed E-state index contributed by atoms with van der Waals surface area (Å²) in [4.78, 5) is 2.58. The fourth-order valence-corrected chi connectivity index (χ4v) is 3.56. The Morgan fingerprint density at radius 2 is 2.10 bits per heavy atom. The van der Waals surface area contributed by atoms with E-state index in [1.165, 1.54) is 11.1 Å². The van der Waals surface area contributed by atoms with Crippen molar-refractivity contribution in [3.05, 3.63) is 35.4 Å². The summed E-state index contributed by atoms with van der Waals surface area (Å²) < 4.78 is 5.36. The van der Waals surface area contributed by atoms with Crippen LogP contribution in [0.1, 0.15) is 37.9 Å². The van der Waals surface area contributed by atoms with Gasteiger partial charge in [0.25, 0.3) is 0 Å². The Morgan fingerprint density at radius 3 is 2.75 bits per heavy atom. The van der Waals surface area contributed by atoms with Crippen molar-refractivity contribution in [2.75, 3.05) is 26.8 Å². The SMILES string of the molecule is CCNC1c2ccccc2CC1N(CC)C(C)COC. The second-order valence-corrected chi connectivity index (χ2v) is 5.64. The van der Waals surface area contributed by atoms with Crippen molar-refractivity contribution in [3.63, 3.8) is 0 Å². The summed E-state index contributed by atoms with van der Waals surface area (Å²) in [6, 6.07) is 10.3. The molecule has 1 aromatic carbocycles. The second-order valence-electron chi connectivity index (χ2n) is 5.64. The van der Waals surface area contributed by atoms with Crippen LogP contribution < -0.4 is 5.32 Å². The van der Waals surface area contributed by atoms with Crippen molar-refractivity contribution < 1.29 is 4.74 Å². The standard InChI is InChI=1S/C17H28N2O/c1-5-18-17-15-10-8-7-9-14(15)11-16(17)19(6-2)13(3)12-20-4/h7-10,13,16-18H,5-6,11-12H2,1-4H3. The van der Waals surface area contributed by atoms with Gasteiger partial charge in [-0.15, -0.1) is 0 Å². The molecule has 0 radical (unpaired) electrons. The highest BCUT2D eigenvalue weighted by Crippen LogP contribution is 2.35. The molecule has 3 atom stereocenters. The second kappa shape index (κ2) is 7.21. The van der Waals surface area contributed by atoms with Crippen LogP contribution in [0.2, 0.25) is 0 Å². The van der Waals surface area contributed by atoms with Crippen LogP contribution in [-0.4, -0.2) is 43.8 Å². The van der Waals surface area contributed by atoms with Crippen molar-refractivity contribution >= 4 is 0 Å². The molecule has 3 heteroatoms. The van der Waals surface area contributed by atoms with E-state index >= 15 is 0 Å². The number of fused-ring (bicyclic) bond motifs is 1. The van der Waals surface area contributed by atoms with E-state index in [9.17, 15) is 0 Å². The third kappa shape index (κ3) is 3.05. The highest BCUT2D eigenvalue weighted by atomic mass is 16.5. The van der Waals surface area contributed by atoms with Crippen LogP contribution in [0.3, 0.4) is 0 Å². The number of nitrogens with zero attached hydrogens (tertiary/aromatic N) is 1. The lowest BCUT2D eigenvalue weighted by molar-refractivity contribution is 0.0632. The molecule has 0 saturated carbocycles. The summed E-state index contributed by atoms with van der Waals surface area (Å²) in [5.74, 6) is 0. The zero-order valence-electron chi connectivity index (χ0n) is 13.2. The molecule has 2 rings (SSSR count). The molecule has 1 N–H and O–H groups in total. The first-order valence-electron chi connectivity index (χ1n) is 7.78. The predicted molar refractivity (Wildman–Crippen MR) is 84.1 cm³/mol. The van der Waals surface area contributed by atoms with Crippen LogP contribution in [0.4, 0.5) is 0 Å². The maximum atomic E-state index is 5.36. The Kier molecular flexibility index (Phi) is 5.58. The van der Waals surface area contributed by atoms with Crippen molar-refractivity contribution in [2.24, 2.45) is 0 Å². The van der Waals surface area contributed by atoms with Crippen molar-refractivity contribution in [1.29, 1.82) is 0 Å². The number of hydrogen-bond donors (Lipinski definition) is 1. The summed E-state index contributed by atoms with van der Waals surface area (Å²) in [6.45, 7) is 9.56. The van der Waals surface area contributed by atoms with Crippen LogP contribution in [0.15, 0.2) is 24.3 Å². The molecule has 0 heterocycles. The van der Waals surface area contributed by atoms with E-state index < -0.39 is 0 Å². The number of ether oxygens (including phenoxy) is 1. The molecular weight excluding hydrogens is 248 g/mol. The smallest absolute Gasteiger partial charge is 0.0615 e. The van der Waals surface area contributed by atoms with E-state index in [1.54, 1.807) is 7.11 Å². The minimum absolute atomic E-state index is 0.440. The third-order valence-corrected chi connectivity index (χ3v) is 4.39. The van der Waals surface area contributed by atoms with Gasteiger partial charge in [0.05, 0.1) is 6.61 Å². The number of benzene rings is 1. The molecular formula is C17H28N2O. The van der Waals surface area contributed by atoms with Gasteiger partial charge in [-0.2, -0.15) is 0 Å². The third-order valence-electron chi connectivity index (χ3n) is 4.39. The Hall–Kier alpha value is -0.900. The Balaban J connectivity index is 2.22. The molecule has 1 aromatic rings. The zero-order valence-corrected chi connectivity index (χ0v) is 13.2. The minimum atomic E-state index is 0.440. The van der Waals surface area contributed by atoms with Gasteiger partial charge in [0.15, 0.2) is 0 Å². The van der Waals surface area contributed by atoms with Crippen molar-refractivity contribution in [1.82, 2.24) is 10.2 Å². The first-order chi connectivity index (χ1) is 9.72. The van der Waals surface area contributed by atoms with Crippen molar-refractivity contribution in [3.8, 4) is 0 Å². The van der Waals surface area contributed by atoms with Crippen LogP contribution in [0.25, 0.3) is 0 Å². The molecule has 0 amide bonds. The fourth-order valence-electron chi connectivity index (χ4n) is 3.56. The topological polar surface area (TPSA) is 24.5 Å². The normalized spacial score (nSPS) is 23.1. The van der Waals surface area contributed by atoms with Gasteiger partial charge in [-0.1, -0.05) is 38.1 Å². The lowest BCUT2D eigenvalue weighted by Crippen LogP contribution is -2.48. The molecule has 1 aliphatic rings. The molecule has 3 unspecified atom stereocenters. The Labute approximate surface area is 123 Å². The number of rotatable bonds is 7. The Morgan fingerprint density at radius 1 is 1.35 bits per heavy atom. The highest BCUT2D eigenvalue weighted by molar-refractivity contribution is 5.37. The van der Waals surface area contributed by atoms with E-state index in [4.69, 9.17) is 4.74 Å². The first kappa shape index (κ1) is 15.5. The first-order valence-corrected chi connectivity index (χ1v) is 7.78. The molecule has 1 aliphatic carbocycles. The average Bonchev–Trinajstić information content (AvgIpc) is 2.80. The van der Waals surface area contributed by atoms with Crippen LogP contribution in [0.5, 0.6) is 0 Å². The van der Waals surface area contributed by atoms with Gasteiger partial charge in [-0.25, -0.2) is 0 Å². The number of likely N-dealkylation sites (N-methyl/N-ethyl adjacent to an activating group) is 2. The molecule has 0 aromatic heterocycles. The number of hydrogen-bond acceptors (Lipinski definition) is 3. The molecule has 0 fully saturated rings. The van der Waals surface area contributed by atoms with Gasteiger partial charge in [-0.3, -0.25) is 4.90 Å². The van der Waals surface area contributed by atoms with Gasteiger partial charge in [0, 0.05) is 25.2 Å². The molecule has 20 heavy (non-hydrogen) atoms. The molecule has 112 valence electrons. The van der Waals surface area contributed by atoms with Gasteiger partial charge >= 0.3 is 0 Å². The maximum Gasteiger partial charge on any atom is 0.0615 e. The van der Waals surface area contributed by atoms with Gasteiger partial charge in [0.1, 0.15) is 0 Å². The summed E-state index contributed by atoms with van der Waals surface area (Å²) in [5, 5.41) is 3.68. The van der Waals surface area contributed by atoms with E-state index in [1.807, 2.05) is 0 Å². The predicted octanol–water partition coefficient (Wildman–Crippen LogP) is 2.62. The summed E-state index contributed by atoms with van der Waals surface area (Å²) in [7, 11) is 1.79. The maximum absolute atomic E-state index is 5.36. The van der Waals surface area contributed by atoms with Gasteiger partial charge in [0.2, 0.25) is 0 Å². The molecule has 3 nitrogen and oxygen atoms in total. The van der Waals surface area contributed by atoms with E-state index in [2.05, 4.69) is 55.3 Å². The van der Waals surface area contributed by atoms with Crippen molar-refractivity contribution in [2.45, 2.75) is 45.3 Å². The quantitative estimate of drug-likeness (QED) is 0.828. The molecule has 0 spiro atoms. The lowest BCUT2D eigenvalue weighted by atomic mass is 10.0. The zero-order chi connectivity index (χ0) is 14.5. The van der Waals surface area contributed by atoms with Crippen LogP contribution in [-0.2, 0) is 11.2 Å². The largest absolute Gasteiger partial charge is 0.383 e.